The van der Waals surface area contributed by atoms with Crippen molar-refractivity contribution in [3.05, 3.63) is 59.9 Å². The van der Waals surface area contributed by atoms with Gasteiger partial charge >= 0.3 is 6.61 Å². The zero-order valence-electron chi connectivity index (χ0n) is 14.6. The Morgan fingerprint density at radius 2 is 2.00 bits per heavy atom. The number of anilines is 1. The molecule has 0 aliphatic carbocycles. The Morgan fingerprint density at radius 1 is 1.25 bits per heavy atom. The van der Waals surface area contributed by atoms with Crippen LogP contribution in [0.3, 0.4) is 0 Å². The minimum atomic E-state index is -2.89. The van der Waals surface area contributed by atoms with Crippen LogP contribution in [0.5, 0.6) is 5.75 Å². The summed E-state index contributed by atoms with van der Waals surface area (Å²) >= 11 is 7.25. The van der Waals surface area contributed by atoms with Gasteiger partial charge in [-0.2, -0.15) is 8.78 Å². The molecule has 0 saturated carbocycles. The van der Waals surface area contributed by atoms with Crippen molar-refractivity contribution in [2.24, 2.45) is 0 Å². The molecule has 2 aromatic carbocycles. The summed E-state index contributed by atoms with van der Waals surface area (Å²) in [5.41, 5.74) is 1.25. The molecule has 3 rings (SSSR count). The zero-order valence-corrected chi connectivity index (χ0v) is 16.1. The first-order valence-electron chi connectivity index (χ1n) is 8.11. The number of alkyl halides is 2. The van der Waals surface area contributed by atoms with Crippen LogP contribution in [-0.2, 0) is 4.79 Å². The molecule has 1 unspecified atom stereocenters. The second-order valence-corrected chi connectivity index (χ2v) is 7.36. The van der Waals surface area contributed by atoms with Gasteiger partial charge < -0.3 is 10.1 Å². The number of carbonyl (C=O) groups is 1. The highest BCUT2D eigenvalue weighted by Gasteiger charge is 2.19. The number of nitrogens with zero attached hydrogens (tertiary/aromatic N) is 3. The number of rotatable bonds is 7. The lowest BCUT2D eigenvalue weighted by atomic mass is 10.3. The Labute approximate surface area is 168 Å². The summed E-state index contributed by atoms with van der Waals surface area (Å²) in [5.74, 6) is -0.252. The van der Waals surface area contributed by atoms with Crippen molar-refractivity contribution in [1.82, 2.24) is 14.8 Å². The average Bonchev–Trinajstić information content (AvgIpc) is 3.11. The van der Waals surface area contributed by atoms with Gasteiger partial charge in [0.15, 0.2) is 5.16 Å². The Hall–Kier alpha value is -2.65. The number of thioether (sulfide) groups is 1. The van der Waals surface area contributed by atoms with Crippen molar-refractivity contribution >= 4 is 35.0 Å². The van der Waals surface area contributed by atoms with Crippen molar-refractivity contribution in [3.63, 3.8) is 0 Å². The highest BCUT2D eigenvalue weighted by molar-refractivity contribution is 8.00. The Bertz CT molecular complexity index is 953. The van der Waals surface area contributed by atoms with Gasteiger partial charge in [-0.05, 0) is 49.4 Å². The third-order valence-electron chi connectivity index (χ3n) is 3.60. The minimum Gasteiger partial charge on any atom is -0.435 e. The lowest BCUT2D eigenvalue weighted by Crippen LogP contribution is -2.22. The number of carbonyl (C=O) groups excluding carboxylic acids is 1. The molecule has 0 radical (unpaired) electrons. The molecule has 1 N–H and O–H groups in total. The van der Waals surface area contributed by atoms with Crippen molar-refractivity contribution in [2.75, 3.05) is 5.32 Å². The van der Waals surface area contributed by atoms with Crippen LogP contribution in [0.25, 0.3) is 5.69 Å². The molecule has 1 amide bonds. The lowest BCUT2D eigenvalue weighted by molar-refractivity contribution is -0.115. The zero-order chi connectivity index (χ0) is 20.1. The van der Waals surface area contributed by atoms with E-state index in [1.807, 2.05) is 12.1 Å². The molecule has 1 heterocycles. The van der Waals surface area contributed by atoms with Crippen LogP contribution in [0.1, 0.15) is 6.92 Å². The highest BCUT2D eigenvalue weighted by Crippen LogP contribution is 2.26. The third kappa shape index (κ3) is 5.20. The fourth-order valence-corrected chi connectivity index (χ4v) is 3.31. The molecule has 1 atom stereocenters. The van der Waals surface area contributed by atoms with Crippen molar-refractivity contribution < 1.29 is 18.3 Å². The van der Waals surface area contributed by atoms with Gasteiger partial charge in [-0.15, -0.1) is 10.2 Å². The highest BCUT2D eigenvalue weighted by atomic mass is 35.5. The van der Waals surface area contributed by atoms with Gasteiger partial charge in [-0.3, -0.25) is 9.36 Å². The molecule has 0 saturated heterocycles. The molecular formula is C18H15ClF2N4O2S. The smallest absolute Gasteiger partial charge is 0.387 e. The second-order valence-electron chi connectivity index (χ2n) is 5.62. The fourth-order valence-electron chi connectivity index (χ4n) is 2.28. The molecule has 146 valence electrons. The molecule has 0 aliphatic rings. The lowest BCUT2D eigenvalue weighted by Gasteiger charge is -2.13. The van der Waals surface area contributed by atoms with Gasteiger partial charge in [0.25, 0.3) is 0 Å². The van der Waals surface area contributed by atoms with Crippen LogP contribution < -0.4 is 10.1 Å². The van der Waals surface area contributed by atoms with Crippen LogP contribution in [0.15, 0.2) is 60.0 Å². The molecule has 3 aromatic rings. The second kappa shape index (κ2) is 9.03. The number of hydrogen-bond acceptors (Lipinski definition) is 5. The largest absolute Gasteiger partial charge is 0.435 e. The molecule has 0 spiro atoms. The third-order valence-corrected chi connectivity index (χ3v) is 4.89. The summed E-state index contributed by atoms with van der Waals surface area (Å²) in [7, 11) is 0. The quantitative estimate of drug-likeness (QED) is 0.559. The topological polar surface area (TPSA) is 69.0 Å². The van der Waals surface area contributed by atoms with Crippen molar-refractivity contribution in [3.8, 4) is 11.4 Å². The van der Waals surface area contributed by atoms with Gasteiger partial charge in [-0.25, -0.2) is 0 Å². The van der Waals surface area contributed by atoms with E-state index in [9.17, 15) is 13.6 Å². The molecular weight excluding hydrogens is 410 g/mol. The van der Waals surface area contributed by atoms with Gasteiger partial charge in [0.1, 0.15) is 12.1 Å². The molecule has 10 heteroatoms. The van der Waals surface area contributed by atoms with E-state index >= 15 is 0 Å². The summed E-state index contributed by atoms with van der Waals surface area (Å²) in [6, 6.07) is 12.9. The first-order chi connectivity index (χ1) is 13.4. The maximum atomic E-state index is 12.4. The SMILES string of the molecule is CC(Sc1nncn1-c1cccc(Cl)c1)C(=O)Nc1ccc(OC(F)F)cc1. The van der Waals surface area contributed by atoms with E-state index in [1.165, 1.54) is 36.0 Å². The predicted octanol–water partition coefficient (Wildman–Crippen LogP) is 4.64. The van der Waals surface area contributed by atoms with Crippen molar-refractivity contribution in [1.29, 1.82) is 0 Å². The van der Waals surface area contributed by atoms with Gasteiger partial charge in [-0.1, -0.05) is 29.4 Å². The molecule has 28 heavy (non-hydrogen) atoms. The molecule has 0 bridgehead atoms. The Balaban J connectivity index is 1.64. The van der Waals surface area contributed by atoms with Crippen LogP contribution in [0, 0.1) is 0 Å². The Morgan fingerprint density at radius 3 is 2.68 bits per heavy atom. The van der Waals surface area contributed by atoms with Crippen LogP contribution in [0.4, 0.5) is 14.5 Å². The number of hydrogen-bond donors (Lipinski definition) is 1. The minimum absolute atomic E-state index is 0.0186. The van der Waals surface area contributed by atoms with E-state index in [-0.39, 0.29) is 11.7 Å². The molecule has 1 aromatic heterocycles. The molecule has 0 aliphatic heterocycles. The number of amides is 1. The van der Waals surface area contributed by atoms with Gasteiger partial charge in [0, 0.05) is 10.7 Å². The van der Waals surface area contributed by atoms with Crippen LogP contribution >= 0.6 is 23.4 Å². The van der Waals surface area contributed by atoms with E-state index in [0.717, 1.165) is 5.69 Å². The monoisotopic (exact) mass is 424 g/mol. The number of benzene rings is 2. The maximum Gasteiger partial charge on any atom is 0.387 e. The Kier molecular flexibility index (Phi) is 6.48. The van der Waals surface area contributed by atoms with E-state index in [1.54, 1.807) is 30.0 Å². The summed E-state index contributed by atoms with van der Waals surface area (Å²) in [4.78, 5) is 12.4. The summed E-state index contributed by atoms with van der Waals surface area (Å²) in [6.45, 7) is -1.17. The summed E-state index contributed by atoms with van der Waals surface area (Å²) < 4.78 is 30.4. The maximum absolute atomic E-state index is 12.4. The number of ether oxygens (including phenoxy) is 1. The van der Waals surface area contributed by atoms with E-state index < -0.39 is 11.9 Å². The average molecular weight is 425 g/mol. The number of aromatic nitrogens is 3. The molecule has 6 nitrogen and oxygen atoms in total. The predicted molar refractivity (Wildman–Crippen MR) is 103 cm³/mol. The van der Waals surface area contributed by atoms with E-state index in [2.05, 4.69) is 20.3 Å². The number of halogens is 3. The van der Waals surface area contributed by atoms with Crippen molar-refractivity contribution in [2.45, 2.75) is 23.9 Å². The van der Waals surface area contributed by atoms with Gasteiger partial charge in [0.05, 0.1) is 10.9 Å². The summed E-state index contributed by atoms with van der Waals surface area (Å²) in [6.07, 6.45) is 1.54. The first-order valence-corrected chi connectivity index (χ1v) is 9.36. The van der Waals surface area contributed by atoms with Crippen LogP contribution in [-0.4, -0.2) is 32.5 Å². The fraction of sp³-hybridized carbons (Fsp3) is 0.167. The van der Waals surface area contributed by atoms with Crippen LogP contribution in [0.2, 0.25) is 5.02 Å². The number of nitrogens with one attached hydrogen (secondary N) is 1. The van der Waals surface area contributed by atoms with Gasteiger partial charge in [0.2, 0.25) is 5.91 Å². The standard InChI is InChI=1S/C18H15ClF2N4O2S/c1-11(16(26)23-13-5-7-15(8-6-13)27-17(20)21)28-18-24-22-10-25(18)14-4-2-3-12(19)9-14/h2-11,17H,1H3,(H,23,26). The van der Waals surface area contributed by atoms with E-state index in [4.69, 9.17) is 11.6 Å². The summed E-state index contributed by atoms with van der Waals surface area (Å²) in [5, 5.41) is 11.3. The molecule has 0 fully saturated rings. The first kappa shape index (κ1) is 20.1. The van der Waals surface area contributed by atoms with E-state index in [0.29, 0.717) is 15.9 Å². The normalized spacial score (nSPS) is 12.0.